The molecule has 0 spiro atoms. The second-order valence-corrected chi connectivity index (χ2v) is 7.98. The van der Waals surface area contributed by atoms with Gasteiger partial charge in [0.05, 0.1) is 38.9 Å². The first kappa shape index (κ1) is 21.5. The molecule has 32 heavy (non-hydrogen) atoms. The van der Waals surface area contributed by atoms with Crippen LogP contribution in [-0.4, -0.2) is 27.1 Å². The third-order valence-electron chi connectivity index (χ3n) is 6.28. The van der Waals surface area contributed by atoms with Crippen molar-refractivity contribution in [1.29, 1.82) is 5.26 Å². The molecule has 6 heteroatoms. The van der Waals surface area contributed by atoms with Crippen LogP contribution in [-0.2, 0) is 4.79 Å². The highest BCUT2D eigenvalue weighted by Crippen LogP contribution is 2.48. The summed E-state index contributed by atoms with van der Waals surface area (Å²) in [4.78, 5) is 13.5. The van der Waals surface area contributed by atoms with Crippen LogP contribution < -0.4 is 19.5 Å². The maximum absolute atomic E-state index is 13.5. The minimum atomic E-state index is -0.495. The van der Waals surface area contributed by atoms with Gasteiger partial charge in [-0.05, 0) is 43.0 Å². The number of methoxy groups -OCH3 is 3. The molecule has 6 nitrogen and oxygen atoms in total. The molecule has 2 atom stereocenters. The molecule has 0 amide bonds. The zero-order chi connectivity index (χ0) is 22.8. The Morgan fingerprint density at radius 3 is 2.38 bits per heavy atom. The van der Waals surface area contributed by atoms with Gasteiger partial charge in [0, 0.05) is 29.0 Å². The van der Waals surface area contributed by atoms with Gasteiger partial charge in [-0.3, -0.25) is 4.79 Å². The van der Waals surface area contributed by atoms with E-state index >= 15 is 0 Å². The molecule has 0 saturated carbocycles. The van der Waals surface area contributed by atoms with E-state index in [-0.39, 0.29) is 11.7 Å². The third kappa shape index (κ3) is 3.60. The standard InChI is InChI=1S/C26H26N2O4/c1-15-20(14-27)24(19-6-5-7-23(31-3)26(19)32-4)25-21(28-15)12-17(13-22(25)29)16-8-10-18(30-2)11-9-16/h5-11,17,24,28H,12-13H2,1-4H3/t17-,24-/m1/s1. The number of nitrogens with one attached hydrogen (secondary N) is 1. The topological polar surface area (TPSA) is 80.6 Å². The van der Waals surface area contributed by atoms with Crippen LogP contribution in [0.4, 0.5) is 0 Å². The summed E-state index contributed by atoms with van der Waals surface area (Å²) in [7, 11) is 4.78. The maximum Gasteiger partial charge on any atom is 0.164 e. The Kier molecular flexibility index (Phi) is 5.91. The fraction of sp³-hybridized carbons (Fsp3) is 0.308. The van der Waals surface area contributed by atoms with Crippen LogP contribution in [0.1, 0.15) is 42.7 Å². The largest absolute Gasteiger partial charge is 0.497 e. The molecule has 0 saturated heterocycles. The van der Waals surface area contributed by atoms with Crippen LogP contribution in [0.25, 0.3) is 0 Å². The fourth-order valence-corrected chi connectivity index (χ4v) is 4.75. The molecular weight excluding hydrogens is 404 g/mol. The Labute approximate surface area is 188 Å². The van der Waals surface area contributed by atoms with Crippen molar-refractivity contribution in [3.63, 3.8) is 0 Å². The summed E-state index contributed by atoms with van der Waals surface area (Å²) in [5, 5.41) is 13.3. The number of hydrogen-bond donors (Lipinski definition) is 1. The monoisotopic (exact) mass is 430 g/mol. The molecule has 0 fully saturated rings. The van der Waals surface area contributed by atoms with E-state index in [0.717, 1.165) is 28.3 Å². The number of para-hydroxylation sites is 1. The number of hydrogen-bond acceptors (Lipinski definition) is 6. The van der Waals surface area contributed by atoms with Crippen LogP contribution in [0.5, 0.6) is 17.2 Å². The highest BCUT2D eigenvalue weighted by molar-refractivity contribution is 6.00. The lowest BCUT2D eigenvalue weighted by Crippen LogP contribution is -2.33. The van der Waals surface area contributed by atoms with Crippen LogP contribution >= 0.6 is 0 Å². The first-order valence-corrected chi connectivity index (χ1v) is 10.5. The molecule has 2 aromatic carbocycles. The summed E-state index contributed by atoms with van der Waals surface area (Å²) in [6.45, 7) is 1.88. The maximum atomic E-state index is 13.5. The Bertz CT molecular complexity index is 1160. The first-order chi connectivity index (χ1) is 15.5. The molecule has 1 heterocycles. The van der Waals surface area contributed by atoms with Gasteiger partial charge in [-0.15, -0.1) is 0 Å². The average molecular weight is 431 g/mol. The van der Waals surface area contributed by atoms with Gasteiger partial charge in [0.15, 0.2) is 17.3 Å². The Morgan fingerprint density at radius 1 is 1.00 bits per heavy atom. The van der Waals surface area contributed by atoms with E-state index in [0.29, 0.717) is 35.5 Å². The number of allylic oxidation sites excluding steroid dienone is 4. The summed E-state index contributed by atoms with van der Waals surface area (Å²) in [6.07, 6.45) is 1.07. The SMILES string of the molecule is COc1ccc([C@H]2CC(=O)C3=C(C2)NC(C)=C(C#N)[C@H]3c2cccc(OC)c2OC)cc1. The lowest BCUT2D eigenvalue weighted by atomic mass is 9.72. The normalized spacial score (nSPS) is 20.3. The molecule has 1 N–H and O–H groups in total. The molecular formula is C26H26N2O4. The van der Waals surface area contributed by atoms with Gasteiger partial charge >= 0.3 is 0 Å². The molecule has 2 aliphatic rings. The Hall–Kier alpha value is -3.72. The zero-order valence-corrected chi connectivity index (χ0v) is 18.7. The number of ketones is 1. The molecule has 0 bridgehead atoms. The minimum absolute atomic E-state index is 0.0368. The van der Waals surface area contributed by atoms with E-state index < -0.39 is 5.92 Å². The molecule has 164 valence electrons. The molecule has 0 aromatic heterocycles. The summed E-state index contributed by atoms with van der Waals surface area (Å²) in [5.41, 5.74) is 4.64. The van der Waals surface area contributed by atoms with Crippen molar-refractivity contribution in [2.24, 2.45) is 0 Å². The van der Waals surface area contributed by atoms with E-state index in [1.54, 1.807) is 21.3 Å². The zero-order valence-electron chi connectivity index (χ0n) is 18.7. The van der Waals surface area contributed by atoms with E-state index in [9.17, 15) is 10.1 Å². The van der Waals surface area contributed by atoms with Crippen molar-refractivity contribution in [3.8, 4) is 23.3 Å². The van der Waals surface area contributed by atoms with Crippen LogP contribution in [0.2, 0.25) is 0 Å². The molecule has 0 unspecified atom stereocenters. The summed E-state index contributed by atoms with van der Waals surface area (Å²) >= 11 is 0. The molecule has 0 radical (unpaired) electrons. The van der Waals surface area contributed by atoms with Crippen molar-refractivity contribution < 1.29 is 19.0 Å². The minimum Gasteiger partial charge on any atom is -0.497 e. The van der Waals surface area contributed by atoms with E-state index in [4.69, 9.17) is 14.2 Å². The Morgan fingerprint density at radius 2 is 1.75 bits per heavy atom. The summed E-state index contributed by atoms with van der Waals surface area (Å²) in [5.74, 6) is 1.50. The van der Waals surface area contributed by atoms with Gasteiger partial charge in [-0.1, -0.05) is 24.3 Å². The average Bonchev–Trinajstić information content (AvgIpc) is 2.82. The van der Waals surface area contributed by atoms with E-state index in [1.807, 2.05) is 49.4 Å². The quantitative estimate of drug-likeness (QED) is 0.747. The lowest BCUT2D eigenvalue weighted by molar-refractivity contribution is -0.116. The highest BCUT2D eigenvalue weighted by Gasteiger charge is 2.40. The van der Waals surface area contributed by atoms with Crippen molar-refractivity contribution in [3.05, 3.63) is 76.1 Å². The van der Waals surface area contributed by atoms with Crippen LogP contribution in [0.15, 0.2) is 65.0 Å². The smallest absolute Gasteiger partial charge is 0.164 e. The van der Waals surface area contributed by atoms with Crippen molar-refractivity contribution >= 4 is 5.78 Å². The van der Waals surface area contributed by atoms with Gasteiger partial charge in [-0.2, -0.15) is 5.26 Å². The number of nitriles is 1. The van der Waals surface area contributed by atoms with Crippen molar-refractivity contribution in [2.75, 3.05) is 21.3 Å². The lowest BCUT2D eigenvalue weighted by Gasteiger charge is -2.36. The van der Waals surface area contributed by atoms with Crippen molar-refractivity contribution in [2.45, 2.75) is 31.6 Å². The Balaban J connectivity index is 1.80. The first-order valence-electron chi connectivity index (χ1n) is 10.5. The van der Waals surface area contributed by atoms with Gasteiger partial charge in [0.2, 0.25) is 0 Å². The van der Waals surface area contributed by atoms with Crippen LogP contribution in [0, 0.1) is 11.3 Å². The number of ether oxygens (including phenoxy) is 3. The van der Waals surface area contributed by atoms with Gasteiger partial charge < -0.3 is 19.5 Å². The van der Waals surface area contributed by atoms with Gasteiger partial charge in [0.25, 0.3) is 0 Å². The highest BCUT2D eigenvalue weighted by atomic mass is 16.5. The summed E-state index contributed by atoms with van der Waals surface area (Å²) in [6, 6.07) is 15.7. The predicted molar refractivity (Wildman–Crippen MR) is 121 cm³/mol. The van der Waals surface area contributed by atoms with Gasteiger partial charge in [0.1, 0.15) is 5.75 Å². The number of nitrogens with zero attached hydrogens (tertiary/aromatic N) is 1. The molecule has 1 aliphatic carbocycles. The number of benzene rings is 2. The number of carbonyl (C=O) groups excluding carboxylic acids is 1. The summed E-state index contributed by atoms with van der Waals surface area (Å²) < 4.78 is 16.4. The number of Topliss-reactive ketones (excluding diaryl/α,β-unsaturated/α-hetero) is 1. The third-order valence-corrected chi connectivity index (χ3v) is 6.28. The predicted octanol–water partition coefficient (Wildman–Crippen LogP) is 4.60. The number of dihydropyridines is 1. The number of rotatable bonds is 5. The van der Waals surface area contributed by atoms with E-state index in [1.165, 1.54) is 0 Å². The van der Waals surface area contributed by atoms with Crippen molar-refractivity contribution in [1.82, 2.24) is 5.32 Å². The molecule has 1 aliphatic heterocycles. The number of carbonyl (C=O) groups is 1. The second kappa shape index (κ2) is 8.80. The molecule has 2 aromatic rings. The molecule has 4 rings (SSSR count). The van der Waals surface area contributed by atoms with Gasteiger partial charge in [-0.25, -0.2) is 0 Å². The van der Waals surface area contributed by atoms with Crippen LogP contribution in [0.3, 0.4) is 0 Å². The second-order valence-electron chi connectivity index (χ2n) is 7.98. The van der Waals surface area contributed by atoms with E-state index in [2.05, 4.69) is 11.4 Å². The fourth-order valence-electron chi connectivity index (χ4n) is 4.75.